The Bertz CT molecular complexity index is 3250. The SMILES string of the molecule is C1=CCc2c(cccc2-c2c3ccccc3c3nc4ccc5c(-c6cccc7ccccc67)c6ccccc6c6nc7ccc2c3c7c4c56)C1. The van der Waals surface area contributed by atoms with Crippen LogP contribution in [0.1, 0.15) is 11.1 Å². The highest BCUT2D eigenvalue weighted by Gasteiger charge is 2.26. The van der Waals surface area contributed by atoms with Crippen LogP contribution in [-0.4, -0.2) is 9.97 Å². The molecule has 2 aromatic heterocycles. The lowest BCUT2D eigenvalue weighted by molar-refractivity contribution is 1.10. The number of pyridine rings is 2. The van der Waals surface area contributed by atoms with E-state index in [4.69, 9.17) is 9.97 Å². The Morgan fingerprint density at radius 1 is 0.360 bits per heavy atom. The molecule has 0 fully saturated rings. The summed E-state index contributed by atoms with van der Waals surface area (Å²) in [7, 11) is 0. The minimum absolute atomic E-state index is 0.953. The van der Waals surface area contributed by atoms with E-state index in [0.29, 0.717) is 0 Å². The minimum Gasteiger partial charge on any atom is -0.247 e. The van der Waals surface area contributed by atoms with E-state index >= 15 is 0 Å². The number of benzene rings is 9. The highest BCUT2D eigenvalue weighted by Crippen LogP contribution is 2.51. The van der Waals surface area contributed by atoms with Gasteiger partial charge in [-0.15, -0.1) is 0 Å². The first kappa shape index (κ1) is 26.6. The van der Waals surface area contributed by atoms with Gasteiger partial charge in [-0.05, 0) is 90.7 Å². The summed E-state index contributed by atoms with van der Waals surface area (Å²) >= 11 is 0. The number of allylic oxidation sites excluding steroid dienone is 2. The van der Waals surface area contributed by atoms with Crippen LogP contribution in [0.25, 0.3) is 109 Å². The van der Waals surface area contributed by atoms with E-state index < -0.39 is 0 Å². The van der Waals surface area contributed by atoms with Gasteiger partial charge in [-0.25, -0.2) is 9.97 Å². The van der Waals surface area contributed by atoms with Crippen molar-refractivity contribution in [2.75, 3.05) is 0 Å². The summed E-state index contributed by atoms with van der Waals surface area (Å²) in [5.41, 5.74) is 12.2. The fourth-order valence-corrected chi connectivity index (χ4v) is 9.37. The molecular weight excluding hydrogens is 605 g/mol. The second-order valence-corrected chi connectivity index (χ2v) is 13.9. The van der Waals surface area contributed by atoms with E-state index in [2.05, 4.69) is 146 Å². The number of hydrogen-bond donors (Lipinski definition) is 0. The Kier molecular flexibility index (Phi) is 5.11. The molecule has 0 bridgehead atoms. The number of rotatable bonds is 2. The topological polar surface area (TPSA) is 25.8 Å². The molecule has 1 aliphatic rings. The highest BCUT2D eigenvalue weighted by molar-refractivity contribution is 6.41. The maximum atomic E-state index is 5.58. The largest absolute Gasteiger partial charge is 0.247 e. The molecule has 0 amide bonds. The van der Waals surface area contributed by atoms with Gasteiger partial charge in [-0.1, -0.05) is 133 Å². The second-order valence-electron chi connectivity index (χ2n) is 13.9. The molecule has 0 unspecified atom stereocenters. The summed E-state index contributed by atoms with van der Waals surface area (Å²) in [5.74, 6) is 0. The van der Waals surface area contributed by atoms with E-state index in [1.165, 1.54) is 98.0 Å². The van der Waals surface area contributed by atoms with E-state index in [1.807, 2.05) is 0 Å². The average molecular weight is 633 g/mol. The van der Waals surface area contributed by atoms with E-state index in [0.717, 1.165) is 34.9 Å². The molecule has 11 aromatic rings. The van der Waals surface area contributed by atoms with Gasteiger partial charge in [0.15, 0.2) is 0 Å². The van der Waals surface area contributed by atoms with Crippen molar-refractivity contribution in [3.05, 3.63) is 157 Å². The molecule has 230 valence electrons. The molecule has 0 atom stereocenters. The van der Waals surface area contributed by atoms with Crippen molar-refractivity contribution < 1.29 is 0 Å². The average Bonchev–Trinajstić information content (AvgIpc) is 3.18. The number of aromatic nitrogens is 2. The fraction of sp³-hybridized carbons (Fsp3) is 0.0417. The van der Waals surface area contributed by atoms with Crippen molar-refractivity contribution in [3.63, 3.8) is 0 Å². The quantitative estimate of drug-likeness (QED) is 0.108. The van der Waals surface area contributed by atoms with Crippen molar-refractivity contribution in [1.82, 2.24) is 9.97 Å². The van der Waals surface area contributed by atoms with Crippen LogP contribution in [0.5, 0.6) is 0 Å². The third-order valence-corrected chi connectivity index (χ3v) is 11.4. The van der Waals surface area contributed by atoms with Gasteiger partial charge in [0.05, 0.1) is 22.1 Å². The Morgan fingerprint density at radius 2 is 0.880 bits per heavy atom. The van der Waals surface area contributed by atoms with Gasteiger partial charge in [0.2, 0.25) is 0 Å². The molecule has 0 saturated heterocycles. The van der Waals surface area contributed by atoms with Gasteiger partial charge in [0, 0.05) is 32.3 Å². The van der Waals surface area contributed by atoms with Crippen LogP contribution in [0.3, 0.4) is 0 Å². The number of fused-ring (bicyclic) bond motifs is 6. The Balaban J connectivity index is 1.31. The predicted octanol–water partition coefficient (Wildman–Crippen LogP) is 12.6. The summed E-state index contributed by atoms with van der Waals surface area (Å²) in [6.07, 6.45) is 6.56. The van der Waals surface area contributed by atoms with Crippen molar-refractivity contribution in [2.24, 2.45) is 0 Å². The third kappa shape index (κ3) is 3.33. The van der Waals surface area contributed by atoms with Crippen LogP contribution < -0.4 is 0 Å². The van der Waals surface area contributed by atoms with Crippen LogP contribution in [0.2, 0.25) is 0 Å². The van der Waals surface area contributed by atoms with Gasteiger partial charge in [-0.2, -0.15) is 0 Å². The second kappa shape index (κ2) is 9.62. The molecule has 12 rings (SSSR count). The van der Waals surface area contributed by atoms with E-state index in [1.54, 1.807) is 0 Å². The maximum Gasteiger partial charge on any atom is 0.0801 e. The molecule has 2 heterocycles. The Morgan fingerprint density at radius 3 is 1.56 bits per heavy atom. The van der Waals surface area contributed by atoms with E-state index in [9.17, 15) is 0 Å². The van der Waals surface area contributed by atoms with Gasteiger partial charge in [-0.3, -0.25) is 0 Å². The van der Waals surface area contributed by atoms with Gasteiger partial charge >= 0.3 is 0 Å². The monoisotopic (exact) mass is 632 g/mol. The zero-order valence-corrected chi connectivity index (χ0v) is 27.2. The zero-order valence-electron chi connectivity index (χ0n) is 27.2. The Hall–Kier alpha value is -6.38. The van der Waals surface area contributed by atoms with Crippen molar-refractivity contribution in [1.29, 1.82) is 0 Å². The normalized spacial score (nSPS) is 13.4. The van der Waals surface area contributed by atoms with Crippen LogP contribution in [0.4, 0.5) is 0 Å². The first-order chi connectivity index (χ1) is 24.8. The lowest BCUT2D eigenvalue weighted by Gasteiger charge is -2.23. The molecular formula is C48H28N2. The van der Waals surface area contributed by atoms with Crippen LogP contribution in [-0.2, 0) is 12.8 Å². The van der Waals surface area contributed by atoms with Crippen LogP contribution >= 0.6 is 0 Å². The van der Waals surface area contributed by atoms with Gasteiger partial charge < -0.3 is 0 Å². The number of nitrogens with zero attached hydrogens (tertiary/aromatic N) is 2. The maximum absolute atomic E-state index is 5.58. The minimum atomic E-state index is 0.953. The molecule has 0 spiro atoms. The lowest BCUT2D eigenvalue weighted by atomic mass is 9.82. The molecule has 0 N–H and O–H groups in total. The first-order valence-corrected chi connectivity index (χ1v) is 17.5. The predicted molar refractivity (Wildman–Crippen MR) is 212 cm³/mol. The highest BCUT2D eigenvalue weighted by atomic mass is 14.7. The standard InChI is InChI=1S/C48H28N2/c1-3-15-29-27(11-1)13-9-21-31(29)41-33-17-5-7-19-35(33)47-43-37(41)23-25-39-45(43)46-40(49-47)26-24-38-42(32-22-10-14-28-12-2-4-16-30(28)32)34-18-6-8-20-36(34)48(50-39)44(38)46/h1-11,13-15,17-26H,12,16H2. The van der Waals surface area contributed by atoms with E-state index in [-0.39, 0.29) is 0 Å². The fourth-order valence-electron chi connectivity index (χ4n) is 9.37. The van der Waals surface area contributed by atoms with Crippen LogP contribution in [0.15, 0.2) is 146 Å². The summed E-state index contributed by atoms with van der Waals surface area (Å²) in [5, 5.41) is 14.7. The summed E-state index contributed by atoms with van der Waals surface area (Å²) in [6, 6.07) is 49.1. The number of hydrogen-bond acceptors (Lipinski definition) is 2. The molecule has 0 aliphatic heterocycles. The zero-order chi connectivity index (χ0) is 32.5. The summed E-state index contributed by atoms with van der Waals surface area (Å²) in [4.78, 5) is 11.1. The molecule has 2 nitrogen and oxygen atoms in total. The Labute approximate surface area is 287 Å². The van der Waals surface area contributed by atoms with Gasteiger partial charge in [0.1, 0.15) is 0 Å². The summed E-state index contributed by atoms with van der Waals surface area (Å²) < 4.78 is 0. The van der Waals surface area contributed by atoms with Crippen molar-refractivity contribution in [3.8, 4) is 22.3 Å². The summed E-state index contributed by atoms with van der Waals surface area (Å²) in [6.45, 7) is 0. The molecule has 0 radical (unpaired) electrons. The molecule has 50 heavy (non-hydrogen) atoms. The smallest absolute Gasteiger partial charge is 0.0801 e. The lowest BCUT2D eigenvalue weighted by Crippen LogP contribution is -2.02. The third-order valence-electron chi connectivity index (χ3n) is 11.4. The molecule has 9 aromatic carbocycles. The van der Waals surface area contributed by atoms with Crippen molar-refractivity contribution in [2.45, 2.75) is 12.8 Å². The molecule has 0 saturated carbocycles. The van der Waals surface area contributed by atoms with Crippen molar-refractivity contribution >= 4 is 86.7 Å². The first-order valence-electron chi connectivity index (χ1n) is 17.5. The van der Waals surface area contributed by atoms with Gasteiger partial charge in [0.25, 0.3) is 0 Å². The molecule has 1 aliphatic carbocycles. The molecule has 2 heteroatoms. The van der Waals surface area contributed by atoms with Crippen LogP contribution in [0, 0.1) is 0 Å².